The van der Waals surface area contributed by atoms with Crippen molar-refractivity contribution in [2.24, 2.45) is 10.1 Å². The molecule has 0 radical (unpaired) electrons. The minimum absolute atomic E-state index is 0. The van der Waals surface area contributed by atoms with E-state index in [9.17, 15) is 13.2 Å². The molecule has 0 aromatic heterocycles. The quantitative estimate of drug-likeness (QED) is 0.717. The largest absolute Gasteiger partial charge is 0.348 e. The van der Waals surface area contributed by atoms with Crippen LogP contribution in [0.2, 0.25) is 0 Å². The van der Waals surface area contributed by atoms with Crippen molar-refractivity contribution in [1.29, 1.82) is 0 Å². The molecule has 1 unspecified atom stereocenters. The molecular weight excluding hydrogens is 340 g/mol. The van der Waals surface area contributed by atoms with Crippen molar-refractivity contribution in [2.75, 3.05) is 18.8 Å². The molecule has 0 aliphatic carbocycles. The van der Waals surface area contributed by atoms with Crippen LogP contribution in [0.4, 0.5) is 0 Å². The van der Waals surface area contributed by atoms with E-state index in [4.69, 9.17) is 5.73 Å². The third-order valence-corrected chi connectivity index (χ3v) is 4.78. The SMILES string of the molecule is CCCCC(CN)NC(=O)C1=CC=CN2CCS(=O)(=O)N=C12.Cl. The predicted molar refractivity (Wildman–Crippen MR) is 92.9 cm³/mol. The number of nitrogens with zero attached hydrogens (tertiary/aromatic N) is 2. The monoisotopic (exact) mass is 362 g/mol. The summed E-state index contributed by atoms with van der Waals surface area (Å²) in [5, 5.41) is 2.86. The van der Waals surface area contributed by atoms with Crippen molar-refractivity contribution in [2.45, 2.75) is 32.2 Å². The summed E-state index contributed by atoms with van der Waals surface area (Å²) in [5.41, 5.74) is 5.95. The summed E-state index contributed by atoms with van der Waals surface area (Å²) in [6.07, 6.45) is 7.82. The fourth-order valence-electron chi connectivity index (χ4n) is 2.36. The Balaban J connectivity index is 0.00000264. The Morgan fingerprint density at radius 2 is 2.26 bits per heavy atom. The highest BCUT2D eigenvalue weighted by Crippen LogP contribution is 2.18. The van der Waals surface area contributed by atoms with Gasteiger partial charge in [-0.3, -0.25) is 4.79 Å². The number of hydrogen-bond acceptors (Lipinski definition) is 5. The lowest BCUT2D eigenvalue weighted by Crippen LogP contribution is -2.46. The van der Waals surface area contributed by atoms with E-state index in [1.807, 2.05) is 0 Å². The third kappa shape index (κ3) is 5.05. The van der Waals surface area contributed by atoms with E-state index in [-0.39, 0.29) is 41.5 Å². The van der Waals surface area contributed by atoms with Crippen LogP contribution in [0.5, 0.6) is 0 Å². The summed E-state index contributed by atoms with van der Waals surface area (Å²) < 4.78 is 27.1. The smallest absolute Gasteiger partial charge is 0.256 e. The number of amides is 1. The van der Waals surface area contributed by atoms with Crippen LogP contribution < -0.4 is 11.1 Å². The van der Waals surface area contributed by atoms with Crippen LogP contribution in [0.3, 0.4) is 0 Å². The normalized spacial score (nSPS) is 19.8. The topological polar surface area (TPSA) is 105 Å². The van der Waals surface area contributed by atoms with Gasteiger partial charge in [0.1, 0.15) is 0 Å². The summed E-state index contributed by atoms with van der Waals surface area (Å²) in [4.78, 5) is 14.1. The molecule has 0 saturated heterocycles. The molecule has 0 aromatic rings. The fraction of sp³-hybridized carbons (Fsp3) is 0.571. The van der Waals surface area contributed by atoms with Gasteiger partial charge in [-0.1, -0.05) is 19.8 Å². The highest BCUT2D eigenvalue weighted by Gasteiger charge is 2.30. The second-order valence-corrected chi connectivity index (χ2v) is 7.12. The summed E-state index contributed by atoms with van der Waals surface area (Å²) >= 11 is 0. The minimum Gasteiger partial charge on any atom is -0.348 e. The number of halogens is 1. The Morgan fingerprint density at radius 1 is 1.52 bits per heavy atom. The van der Waals surface area contributed by atoms with Gasteiger partial charge < -0.3 is 16.0 Å². The molecule has 2 aliphatic heterocycles. The van der Waals surface area contributed by atoms with Gasteiger partial charge >= 0.3 is 0 Å². The second kappa shape index (κ2) is 8.47. The minimum atomic E-state index is -3.50. The lowest BCUT2D eigenvalue weighted by atomic mass is 10.1. The Labute approximate surface area is 143 Å². The first-order valence-electron chi connectivity index (χ1n) is 7.46. The van der Waals surface area contributed by atoms with E-state index < -0.39 is 10.0 Å². The first kappa shape index (κ1) is 19.7. The molecule has 9 heteroatoms. The molecule has 130 valence electrons. The number of hydrogen-bond donors (Lipinski definition) is 2. The van der Waals surface area contributed by atoms with Gasteiger partial charge in [0.15, 0.2) is 5.84 Å². The van der Waals surface area contributed by atoms with Crippen molar-refractivity contribution in [3.8, 4) is 0 Å². The molecule has 1 atom stereocenters. The Hall–Kier alpha value is -1.38. The Kier molecular flexibility index (Phi) is 7.24. The molecule has 0 aromatic carbocycles. The van der Waals surface area contributed by atoms with Crippen molar-refractivity contribution in [3.63, 3.8) is 0 Å². The molecule has 2 aliphatic rings. The standard InChI is InChI=1S/C14H22N4O3S.ClH/c1-2-3-5-11(10-15)16-14(19)12-6-4-7-18-8-9-22(20,21)17-13(12)18;/h4,6-7,11H,2-3,5,8-10,15H2,1H3,(H,16,19);1H. The average Bonchev–Trinajstić information content (AvgIpc) is 2.49. The van der Waals surface area contributed by atoms with E-state index in [0.29, 0.717) is 13.1 Å². The van der Waals surface area contributed by atoms with Gasteiger partial charge in [-0.15, -0.1) is 16.8 Å². The first-order valence-corrected chi connectivity index (χ1v) is 9.07. The van der Waals surface area contributed by atoms with Gasteiger partial charge in [-0.2, -0.15) is 0 Å². The van der Waals surface area contributed by atoms with Crippen molar-refractivity contribution in [1.82, 2.24) is 10.2 Å². The van der Waals surface area contributed by atoms with E-state index in [0.717, 1.165) is 19.3 Å². The van der Waals surface area contributed by atoms with Gasteiger partial charge in [-0.05, 0) is 18.6 Å². The number of unbranched alkanes of at least 4 members (excludes halogenated alkanes) is 1. The molecule has 2 rings (SSSR count). The van der Waals surface area contributed by atoms with Crippen LogP contribution in [-0.2, 0) is 14.8 Å². The maximum atomic E-state index is 12.4. The van der Waals surface area contributed by atoms with E-state index in [1.165, 1.54) is 0 Å². The average molecular weight is 363 g/mol. The highest BCUT2D eigenvalue weighted by molar-refractivity contribution is 7.90. The summed E-state index contributed by atoms with van der Waals surface area (Å²) in [6, 6.07) is -0.117. The Bertz CT molecular complexity index is 628. The number of fused-ring (bicyclic) bond motifs is 1. The van der Waals surface area contributed by atoms with Crippen LogP contribution in [-0.4, -0.2) is 49.9 Å². The zero-order valence-corrected chi connectivity index (χ0v) is 14.7. The molecular formula is C14H23ClN4O3S. The second-order valence-electron chi connectivity index (χ2n) is 5.36. The van der Waals surface area contributed by atoms with Crippen LogP contribution in [0.15, 0.2) is 28.3 Å². The molecule has 3 N–H and O–H groups in total. The van der Waals surface area contributed by atoms with Gasteiger partial charge in [0, 0.05) is 25.3 Å². The fourth-order valence-corrected chi connectivity index (χ4v) is 3.34. The zero-order valence-electron chi connectivity index (χ0n) is 13.1. The van der Waals surface area contributed by atoms with Crippen molar-refractivity contribution in [3.05, 3.63) is 23.9 Å². The number of carbonyl (C=O) groups is 1. The highest BCUT2D eigenvalue weighted by atomic mass is 35.5. The number of sulfonamides is 1. The Morgan fingerprint density at radius 3 is 2.91 bits per heavy atom. The zero-order chi connectivity index (χ0) is 16.2. The molecule has 0 saturated carbocycles. The molecule has 0 fully saturated rings. The van der Waals surface area contributed by atoms with Crippen molar-refractivity contribution >= 4 is 34.2 Å². The maximum absolute atomic E-state index is 12.4. The molecule has 23 heavy (non-hydrogen) atoms. The third-order valence-electron chi connectivity index (χ3n) is 3.63. The number of carbonyl (C=O) groups excluding carboxylic acids is 1. The van der Waals surface area contributed by atoms with Crippen LogP contribution >= 0.6 is 12.4 Å². The number of amidine groups is 1. The van der Waals surface area contributed by atoms with Gasteiger partial charge in [0.2, 0.25) is 0 Å². The van der Waals surface area contributed by atoms with Gasteiger partial charge in [0.05, 0.1) is 11.3 Å². The van der Waals surface area contributed by atoms with Crippen LogP contribution in [0.1, 0.15) is 26.2 Å². The lowest BCUT2D eigenvalue weighted by molar-refractivity contribution is -0.117. The van der Waals surface area contributed by atoms with Gasteiger partial charge in [0.25, 0.3) is 15.9 Å². The predicted octanol–water partition coefficient (Wildman–Crippen LogP) is 0.540. The first-order chi connectivity index (χ1) is 10.5. The number of allylic oxidation sites excluding steroid dienone is 2. The summed E-state index contributed by atoms with van der Waals surface area (Å²) in [7, 11) is -3.50. The number of nitrogens with two attached hydrogens (primary N) is 1. The van der Waals surface area contributed by atoms with Crippen LogP contribution in [0, 0.1) is 0 Å². The maximum Gasteiger partial charge on any atom is 0.256 e. The molecule has 1 amide bonds. The summed E-state index contributed by atoms with van der Waals surface area (Å²) in [5.74, 6) is -0.188. The van der Waals surface area contributed by atoms with Gasteiger partial charge in [-0.25, -0.2) is 8.42 Å². The van der Waals surface area contributed by atoms with E-state index in [2.05, 4.69) is 16.6 Å². The molecule has 0 spiro atoms. The summed E-state index contributed by atoms with van der Waals surface area (Å²) in [6.45, 7) is 2.73. The van der Waals surface area contributed by atoms with E-state index in [1.54, 1.807) is 23.3 Å². The molecule has 7 nitrogen and oxygen atoms in total. The van der Waals surface area contributed by atoms with Crippen molar-refractivity contribution < 1.29 is 13.2 Å². The number of rotatable bonds is 6. The molecule has 2 heterocycles. The number of nitrogens with one attached hydrogen (secondary N) is 1. The lowest BCUT2D eigenvalue weighted by Gasteiger charge is -2.29. The van der Waals surface area contributed by atoms with Crippen LogP contribution in [0.25, 0.3) is 0 Å². The van der Waals surface area contributed by atoms with E-state index >= 15 is 0 Å². The molecule has 0 bridgehead atoms.